The van der Waals surface area contributed by atoms with Gasteiger partial charge in [-0.1, -0.05) is 0 Å². The minimum absolute atomic E-state index is 0.360. The molecule has 1 aromatic carbocycles. The molecule has 16 heavy (non-hydrogen) atoms. The van der Waals surface area contributed by atoms with Crippen LogP contribution in [0.2, 0.25) is 0 Å². The van der Waals surface area contributed by atoms with E-state index >= 15 is 0 Å². The third-order valence-corrected chi connectivity index (χ3v) is 2.28. The number of nitrogens with zero attached hydrogens (tertiary/aromatic N) is 1. The van der Waals surface area contributed by atoms with E-state index in [2.05, 4.69) is 0 Å². The van der Waals surface area contributed by atoms with Crippen molar-refractivity contribution < 1.29 is 13.2 Å². The first-order valence-electron chi connectivity index (χ1n) is 5.02. The van der Waals surface area contributed by atoms with Crippen LogP contribution in [0.5, 0.6) is 0 Å². The summed E-state index contributed by atoms with van der Waals surface area (Å²) in [4.78, 5) is 1.41. The Bertz CT molecular complexity index is 342. The van der Waals surface area contributed by atoms with Gasteiger partial charge >= 0.3 is 0 Å². The summed E-state index contributed by atoms with van der Waals surface area (Å²) < 4.78 is 37.4. The zero-order valence-electron chi connectivity index (χ0n) is 9.09. The minimum Gasteiger partial charge on any atom is -0.369 e. The summed E-state index contributed by atoms with van der Waals surface area (Å²) in [6.07, 6.45) is -1.94. The highest BCUT2D eigenvalue weighted by atomic mass is 19.3. The molecule has 2 nitrogen and oxygen atoms in total. The van der Waals surface area contributed by atoms with E-state index < -0.39 is 6.43 Å². The first-order valence-corrected chi connectivity index (χ1v) is 5.02. The maximum absolute atomic E-state index is 13.0. The molecule has 0 amide bonds. The van der Waals surface area contributed by atoms with Crippen LogP contribution in [0.1, 0.15) is 5.56 Å². The lowest BCUT2D eigenvalue weighted by molar-refractivity contribution is 0.156. The molecule has 0 heterocycles. The lowest BCUT2D eigenvalue weighted by atomic mass is 10.1. The van der Waals surface area contributed by atoms with Crippen LogP contribution in [0.4, 0.5) is 18.9 Å². The van der Waals surface area contributed by atoms with E-state index in [0.29, 0.717) is 24.2 Å². The van der Waals surface area contributed by atoms with Crippen molar-refractivity contribution >= 4 is 5.69 Å². The third kappa shape index (κ3) is 3.41. The normalized spacial score (nSPS) is 10.9. The van der Waals surface area contributed by atoms with Crippen LogP contribution in [0.3, 0.4) is 0 Å². The number of benzene rings is 1. The maximum atomic E-state index is 13.0. The molecule has 0 bridgehead atoms. The molecule has 1 aromatic rings. The molecular formula is C11H15F3N2. The summed E-state index contributed by atoms with van der Waals surface area (Å²) in [5, 5.41) is 0. The van der Waals surface area contributed by atoms with Crippen LogP contribution in [0.25, 0.3) is 0 Å². The van der Waals surface area contributed by atoms with E-state index in [4.69, 9.17) is 5.73 Å². The monoisotopic (exact) mass is 232 g/mol. The second-order valence-electron chi connectivity index (χ2n) is 3.58. The van der Waals surface area contributed by atoms with E-state index in [0.717, 1.165) is 0 Å². The van der Waals surface area contributed by atoms with Gasteiger partial charge < -0.3 is 10.6 Å². The molecule has 1 rings (SSSR count). The van der Waals surface area contributed by atoms with E-state index in [1.54, 1.807) is 7.05 Å². The molecule has 5 heteroatoms. The second kappa shape index (κ2) is 5.75. The topological polar surface area (TPSA) is 29.3 Å². The first-order chi connectivity index (χ1) is 7.54. The lowest BCUT2D eigenvalue weighted by Gasteiger charge is -2.22. The Labute approximate surface area is 92.9 Å². The number of rotatable bonds is 5. The molecule has 0 unspecified atom stereocenters. The molecule has 0 atom stereocenters. The highest BCUT2D eigenvalue weighted by Gasteiger charge is 2.12. The number of anilines is 1. The minimum atomic E-state index is -2.42. The van der Waals surface area contributed by atoms with Crippen molar-refractivity contribution in [2.24, 2.45) is 5.73 Å². The predicted molar refractivity (Wildman–Crippen MR) is 58.4 cm³/mol. The van der Waals surface area contributed by atoms with Gasteiger partial charge in [-0.25, -0.2) is 13.2 Å². The average Bonchev–Trinajstić information content (AvgIpc) is 2.17. The number of hydrogen-bond acceptors (Lipinski definition) is 2. The van der Waals surface area contributed by atoms with Crippen LogP contribution >= 0.6 is 0 Å². The molecule has 0 fully saturated rings. The smallest absolute Gasteiger partial charge is 0.255 e. The number of halogens is 3. The fraction of sp³-hybridized carbons (Fsp3) is 0.455. The molecule has 0 radical (unpaired) electrons. The molecule has 90 valence electrons. The standard InChI is InChI=1S/C11H15F3N2/c1-16(7-11(13)14)10-3-2-9(12)6-8(10)4-5-15/h2-3,6,11H,4-5,7,15H2,1H3. The summed E-state index contributed by atoms with van der Waals surface area (Å²) in [5.41, 5.74) is 6.65. The van der Waals surface area contributed by atoms with Gasteiger partial charge in [0.05, 0.1) is 6.54 Å². The lowest BCUT2D eigenvalue weighted by Crippen LogP contribution is -2.25. The van der Waals surface area contributed by atoms with Crippen molar-refractivity contribution in [1.82, 2.24) is 0 Å². The van der Waals surface area contributed by atoms with Crippen LogP contribution < -0.4 is 10.6 Å². The van der Waals surface area contributed by atoms with E-state index in [1.807, 2.05) is 0 Å². The average molecular weight is 232 g/mol. The van der Waals surface area contributed by atoms with Crippen molar-refractivity contribution in [3.63, 3.8) is 0 Å². The summed E-state index contributed by atoms with van der Waals surface area (Å²) in [6.45, 7) is -0.0117. The molecule has 0 spiro atoms. The van der Waals surface area contributed by atoms with E-state index in [1.165, 1.54) is 23.1 Å². The molecule has 0 aromatic heterocycles. The van der Waals surface area contributed by atoms with Crippen molar-refractivity contribution in [1.29, 1.82) is 0 Å². The Hall–Kier alpha value is -1.23. The van der Waals surface area contributed by atoms with Gasteiger partial charge in [-0.15, -0.1) is 0 Å². The van der Waals surface area contributed by atoms with Crippen molar-refractivity contribution in [3.05, 3.63) is 29.6 Å². The SMILES string of the molecule is CN(CC(F)F)c1ccc(F)cc1CCN. The Balaban J connectivity index is 2.92. The van der Waals surface area contributed by atoms with Gasteiger partial charge in [-0.3, -0.25) is 0 Å². The van der Waals surface area contributed by atoms with Gasteiger partial charge in [-0.2, -0.15) is 0 Å². The number of alkyl halides is 2. The molecule has 0 aliphatic heterocycles. The van der Waals surface area contributed by atoms with Crippen LogP contribution in [-0.4, -0.2) is 26.6 Å². The van der Waals surface area contributed by atoms with Gasteiger partial charge in [-0.05, 0) is 36.7 Å². The highest BCUT2D eigenvalue weighted by molar-refractivity contribution is 5.53. The maximum Gasteiger partial charge on any atom is 0.255 e. The molecular weight excluding hydrogens is 217 g/mol. The van der Waals surface area contributed by atoms with Gasteiger partial charge in [0.15, 0.2) is 0 Å². The quantitative estimate of drug-likeness (QED) is 0.841. The van der Waals surface area contributed by atoms with Crippen LogP contribution in [-0.2, 0) is 6.42 Å². The summed E-state index contributed by atoms with van der Waals surface area (Å²) in [5.74, 6) is -0.377. The Kier molecular flexibility index (Phi) is 4.61. The molecule has 0 aliphatic rings. The van der Waals surface area contributed by atoms with E-state index in [9.17, 15) is 13.2 Å². The Morgan fingerprint density at radius 2 is 2.06 bits per heavy atom. The summed E-state index contributed by atoms with van der Waals surface area (Å²) in [7, 11) is 1.55. The fourth-order valence-electron chi connectivity index (χ4n) is 1.59. The number of hydrogen-bond donors (Lipinski definition) is 1. The van der Waals surface area contributed by atoms with Crippen LogP contribution in [0, 0.1) is 5.82 Å². The predicted octanol–water partition coefficient (Wildman–Crippen LogP) is 2.03. The molecule has 0 aliphatic carbocycles. The third-order valence-electron chi connectivity index (χ3n) is 2.28. The van der Waals surface area contributed by atoms with Gasteiger partial charge in [0, 0.05) is 12.7 Å². The van der Waals surface area contributed by atoms with Gasteiger partial charge in [0.2, 0.25) is 0 Å². The van der Waals surface area contributed by atoms with Crippen molar-refractivity contribution in [2.45, 2.75) is 12.8 Å². The van der Waals surface area contributed by atoms with Crippen molar-refractivity contribution in [2.75, 3.05) is 25.0 Å². The Morgan fingerprint density at radius 1 is 1.38 bits per heavy atom. The summed E-state index contributed by atoms with van der Waals surface area (Å²) in [6, 6.07) is 4.10. The zero-order chi connectivity index (χ0) is 12.1. The Morgan fingerprint density at radius 3 is 2.62 bits per heavy atom. The zero-order valence-corrected chi connectivity index (χ0v) is 9.09. The first kappa shape index (κ1) is 12.8. The summed E-state index contributed by atoms with van der Waals surface area (Å²) >= 11 is 0. The molecule has 0 saturated carbocycles. The van der Waals surface area contributed by atoms with Crippen molar-refractivity contribution in [3.8, 4) is 0 Å². The van der Waals surface area contributed by atoms with Crippen LogP contribution in [0.15, 0.2) is 18.2 Å². The fourth-order valence-corrected chi connectivity index (χ4v) is 1.59. The van der Waals surface area contributed by atoms with Gasteiger partial charge in [0.25, 0.3) is 6.43 Å². The van der Waals surface area contributed by atoms with Gasteiger partial charge in [0.1, 0.15) is 5.82 Å². The number of nitrogens with two attached hydrogens (primary N) is 1. The second-order valence-corrected chi connectivity index (χ2v) is 3.58. The highest BCUT2D eigenvalue weighted by Crippen LogP contribution is 2.21. The molecule has 2 N–H and O–H groups in total. The van der Waals surface area contributed by atoms with E-state index in [-0.39, 0.29) is 12.4 Å². The largest absolute Gasteiger partial charge is 0.369 e. The molecule has 0 saturated heterocycles.